The van der Waals surface area contributed by atoms with Crippen molar-refractivity contribution in [3.63, 3.8) is 0 Å². The summed E-state index contributed by atoms with van der Waals surface area (Å²) < 4.78 is 13.5. The normalized spacial score (nSPS) is 22.4. The Morgan fingerprint density at radius 2 is 1.43 bits per heavy atom. The minimum Gasteiger partial charge on any atom is -0.392 e. The third kappa shape index (κ3) is 8.10. The Balaban J connectivity index is 1.16. The number of carbonyl (C=O) groups excluding carboxylic acids is 1. The number of amides is 1. The van der Waals surface area contributed by atoms with Gasteiger partial charge in [0.15, 0.2) is 6.29 Å². The Morgan fingerprint density at radius 3 is 2.13 bits per heavy atom. The van der Waals surface area contributed by atoms with E-state index in [1.165, 1.54) is 12.5 Å². The number of carbonyl (C=O) groups is 1. The lowest BCUT2D eigenvalue weighted by molar-refractivity contribution is -0.276. The molecule has 1 amide bonds. The second kappa shape index (κ2) is 15.2. The summed E-state index contributed by atoms with van der Waals surface area (Å²) >= 11 is 0. The van der Waals surface area contributed by atoms with Crippen molar-refractivity contribution >= 4 is 5.91 Å². The summed E-state index contributed by atoms with van der Waals surface area (Å²) in [6, 6.07) is 35.5. The second-order valence-corrected chi connectivity index (χ2v) is 12.6. The molecule has 2 aliphatic rings. The smallest absolute Gasteiger partial charge is 0.217 e. The molecule has 0 unspecified atom stereocenters. The van der Waals surface area contributed by atoms with Gasteiger partial charge in [-0.05, 0) is 39.4 Å². The number of hydrogen-bond donors (Lipinski definition) is 2. The Bertz CT molecular complexity index is 1550. The highest BCUT2D eigenvalue weighted by atomic mass is 16.7. The molecule has 4 atom stereocenters. The van der Waals surface area contributed by atoms with Gasteiger partial charge in [-0.3, -0.25) is 14.6 Å². The lowest BCUT2D eigenvalue weighted by Gasteiger charge is -2.44. The zero-order chi connectivity index (χ0) is 31.9. The van der Waals surface area contributed by atoms with E-state index in [-0.39, 0.29) is 30.6 Å². The van der Waals surface area contributed by atoms with E-state index in [0.717, 1.165) is 72.6 Å². The number of nitrogens with one attached hydrogen (secondary N) is 1. The SMILES string of the molecule is CC(=O)NCc1cccc(-c2ccc([C@H]3O[C@@H](CN4CCN(Cc5ccccc5)CC4)[C@@H](C)[C@@H](c4ccc(CO)cc4)O3)cc2)c1. The van der Waals surface area contributed by atoms with E-state index in [4.69, 9.17) is 9.47 Å². The molecule has 2 N–H and O–H groups in total. The molecular formula is C39H45N3O4. The van der Waals surface area contributed by atoms with E-state index < -0.39 is 6.29 Å². The summed E-state index contributed by atoms with van der Waals surface area (Å²) in [7, 11) is 0. The fraction of sp³-hybridized carbons (Fsp3) is 0.359. The van der Waals surface area contributed by atoms with Gasteiger partial charge in [0.2, 0.25) is 5.91 Å². The second-order valence-electron chi connectivity index (χ2n) is 12.6. The summed E-state index contributed by atoms with van der Waals surface area (Å²) in [6.45, 7) is 10.2. The van der Waals surface area contributed by atoms with Crippen LogP contribution in [0.25, 0.3) is 11.1 Å². The summed E-state index contributed by atoms with van der Waals surface area (Å²) in [6.07, 6.45) is -0.642. The first kappa shape index (κ1) is 32.1. The van der Waals surface area contributed by atoms with Crippen molar-refractivity contribution in [1.82, 2.24) is 15.1 Å². The van der Waals surface area contributed by atoms with Gasteiger partial charge in [-0.2, -0.15) is 0 Å². The van der Waals surface area contributed by atoms with Crippen LogP contribution in [-0.4, -0.2) is 59.6 Å². The van der Waals surface area contributed by atoms with Crippen LogP contribution in [-0.2, 0) is 34.0 Å². The van der Waals surface area contributed by atoms with Crippen molar-refractivity contribution in [1.29, 1.82) is 0 Å². The molecule has 46 heavy (non-hydrogen) atoms. The fourth-order valence-electron chi connectivity index (χ4n) is 6.47. The zero-order valence-corrected chi connectivity index (χ0v) is 26.8. The lowest BCUT2D eigenvalue weighted by atomic mass is 9.89. The molecule has 0 spiro atoms. The maximum atomic E-state index is 11.4. The van der Waals surface area contributed by atoms with Crippen LogP contribution in [0.2, 0.25) is 0 Å². The van der Waals surface area contributed by atoms with E-state index in [1.807, 2.05) is 24.3 Å². The largest absolute Gasteiger partial charge is 0.392 e. The molecule has 4 aromatic carbocycles. The molecule has 6 rings (SSSR count). The predicted octanol–water partition coefficient (Wildman–Crippen LogP) is 6.09. The predicted molar refractivity (Wildman–Crippen MR) is 181 cm³/mol. The standard InChI is InChI=1S/C39H45N3O4/c1-28-37(26-42-21-19-41(20-22-42)25-30-7-4-3-5-8-30)45-39(46-38(28)34-13-11-31(27-43)12-14-34)35-17-15-33(16-18-35)36-10-6-9-32(23-36)24-40-29(2)44/h3-18,23,28,37-39,43H,19-22,24-27H2,1-2H3,(H,40,44)/t28-,37+,38+,39+/m1/s1. The maximum absolute atomic E-state index is 11.4. The fourth-order valence-corrected chi connectivity index (χ4v) is 6.47. The lowest BCUT2D eigenvalue weighted by Crippen LogP contribution is -2.51. The van der Waals surface area contributed by atoms with Gasteiger partial charge in [0, 0.05) is 64.2 Å². The van der Waals surface area contributed by atoms with Gasteiger partial charge in [-0.25, -0.2) is 0 Å². The van der Waals surface area contributed by atoms with Gasteiger partial charge in [0.05, 0.1) is 18.8 Å². The third-order valence-corrected chi connectivity index (χ3v) is 9.26. The van der Waals surface area contributed by atoms with E-state index in [2.05, 4.69) is 101 Å². The summed E-state index contributed by atoms with van der Waals surface area (Å²) in [4.78, 5) is 16.5. The van der Waals surface area contributed by atoms with E-state index in [9.17, 15) is 9.90 Å². The molecule has 2 aliphatic heterocycles. The molecular weight excluding hydrogens is 574 g/mol. The highest BCUT2D eigenvalue weighted by Crippen LogP contribution is 2.42. The Kier molecular flexibility index (Phi) is 10.6. The number of nitrogens with zero attached hydrogens (tertiary/aromatic N) is 2. The zero-order valence-electron chi connectivity index (χ0n) is 26.8. The van der Waals surface area contributed by atoms with Crippen molar-refractivity contribution in [2.45, 2.75) is 52.0 Å². The van der Waals surface area contributed by atoms with Crippen LogP contribution in [0.4, 0.5) is 0 Å². The molecule has 2 heterocycles. The van der Waals surface area contributed by atoms with Crippen molar-refractivity contribution in [2.75, 3.05) is 32.7 Å². The maximum Gasteiger partial charge on any atom is 0.217 e. The molecule has 0 aliphatic carbocycles. The molecule has 240 valence electrons. The average molecular weight is 620 g/mol. The quantitative estimate of drug-likeness (QED) is 0.224. The first-order valence-corrected chi connectivity index (χ1v) is 16.4. The number of rotatable bonds is 10. The highest BCUT2D eigenvalue weighted by molar-refractivity contribution is 5.73. The van der Waals surface area contributed by atoms with Gasteiger partial charge >= 0.3 is 0 Å². The first-order valence-electron chi connectivity index (χ1n) is 16.4. The van der Waals surface area contributed by atoms with Gasteiger partial charge < -0.3 is 19.9 Å². The Morgan fingerprint density at radius 1 is 0.761 bits per heavy atom. The number of hydrogen-bond acceptors (Lipinski definition) is 6. The Hall–Kier alpha value is -3.85. The molecule has 7 nitrogen and oxygen atoms in total. The van der Waals surface area contributed by atoms with Gasteiger partial charge in [-0.1, -0.05) is 104 Å². The first-order chi connectivity index (χ1) is 22.4. The summed E-state index contributed by atoms with van der Waals surface area (Å²) in [5.74, 6) is 0.104. The molecule has 2 fully saturated rings. The molecule has 4 aromatic rings. The minimum absolute atomic E-state index is 0.00734. The summed E-state index contributed by atoms with van der Waals surface area (Å²) in [5.41, 5.74) is 7.59. The molecule has 0 bridgehead atoms. The number of benzene rings is 4. The van der Waals surface area contributed by atoms with Crippen molar-refractivity contribution in [3.8, 4) is 11.1 Å². The topological polar surface area (TPSA) is 74.3 Å². The van der Waals surface area contributed by atoms with Crippen LogP contribution in [0, 0.1) is 5.92 Å². The van der Waals surface area contributed by atoms with Crippen LogP contribution in [0.15, 0.2) is 103 Å². The monoisotopic (exact) mass is 619 g/mol. The molecule has 0 saturated carbocycles. The van der Waals surface area contributed by atoms with Crippen LogP contribution in [0.3, 0.4) is 0 Å². The Labute approximate surface area is 272 Å². The highest BCUT2D eigenvalue weighted by Gasteiger charge is 2.39. The van der Waals surface area contributed by atoms with Gasteiger partial charge in [0.1, 0.15) is 0 Å². The van der Waals surface area contributed by atoms with E-state index >= 15 is 0 Å². The molecule has 0 radical (unpaired) electrons. The van der Waals surface area contributed by atoms with Gasteiger partial charge in [-0.15, -0.1) is 0 Å². The molecule has 0 aromatic heterocycles. The molecule has 2 saturated heterocycles. The van der Waals surface area contributed by atoms with Crippen LogP contribution in [0.5, 0.6) is 0 Å². The number of aliphatic hydroxyl groups excluding tert-OH is 1. The van der Waals surface area contributed by atoms with Crippen LogP contribution >= 0.6 is 0 Å². The van der Waals surface area contributed by atoms with Crippen LogP contribution in [0.1, 0.15) is 54.1 Å². The number of ether oxygens (including phenoxy) is 2. The molecule has 7 heteroatoms. The van der Waals surface area contributed by atoms with E-state index in [0.29, 0.717) is 6.54 Å². The van der Waals surface area contributed by atoms with Gasteiger partial charge in [0.25, 0.3) is 0 Å². The number of piperazine rings is 1. The summed E-state index contributed by atoms with van der Waals surface area (Å²) in [5, 5.41) is 12.5. The van der Waals surface area contributed by atoms with Crippen LogP contribution < -0.4 is 5.32 Å². The minimum atomic E-state index is -0.497. The van der Waals surface area contributed by atoms with Crippen molar-refractivity contribution in [3.05, 3.63) is 131 Å². The average Bonchev–Trinajstić information content (AvgIpc) is 3.10. The number of aliphatic hydroxyl groups is 1. The van der Waals surface area contributed by atoms with Crippen molar-refractivity contribution in [2.24, 2.45) is 5.92 Å². The van der Waals surface area contributed by atoms with Crippen molar-refractivity contribution < 1.29 is 19.4 Å². The van der Waals surface area contributed by atoms with E-state index in [1.54, 1.807) is 0 Å². The third-order valence-electron chi connectivity index (χ3n) is 9.26.